The molecule has 13 heavy (non-hydrogen) atoms. The van der Waals surface area contributed by atoms with Crippen molar-refractivity contribution < 1.29 is 4.79 Å². The third-order valence-corrected chi connectivity index (χ3v) is 2.77. The number of hydrogen-bond donors (Lipinski definition) is 1. The van der Waals surface area contributed by atoms with Crippen LogP contribution < -0.4 is 5.73 Å². The molecule has 2 nitrogen and oxygen atoms in total. The number of primary amides is 1. The van der Waals surface area contributed by atoms with Crippen LogP contribution in [0.1, 0.15) is 40.5 Å². The van der Waals surface area contributed by atoms with Crippen LogP contribution in [0.25, 0.3) is 0 Å². The van der Waals surface area contributed by atoms with Gasteiger partial charge in [0.2, 0.25) is 5.91 Å². The molecule has 2 heteroatoms. The molecular weight excluding hydrogens is 162 g/mol. The molecule has 76 valence electrons. The van der Waals surface area contributed by atoms with E-state index in [-0.39, 0.29) is 11.3 Å². The molecule has 0 aliphatic rings. The van der Waals surface area contributed by atoms with Gasteiger partial charge in [-0.3, -0.25) is 4.79 Å². The zero-order chi connectivity index (χ0) is 10.7. The van der Waals surface area contributed by atoms with Gasteiger partial charge >= 0.3 is 0 Å². The molecule has 1 unspecified atom stereocenters. The lowest BCUT2D eigenvalue weighted by Crippen LogP contribution is -2.37. The third-order valence-electron chi connectivity index (χ3n) is 2.77. The van der Waals surface area contributed by atoms with Crippen LogP contribution in [0.3, 0.4) is 0 Å². The Labute approximate surface area is 81.2 Å². The second kappa shape index (κ2) is 3.95. The Morgan fingerprint density at radius 1 is 1.46 bits per heavy atom. The lowest BCUT2D eigenvalue weighted by atomic mass is 9.72. The van der Waals surface area contributed by atoms with Crippen LogP contribution >= 0.6 is 0 Å². The lowest BCUT2D eigenvalue weighted by Gasteiger charge is -2.32. The summed E-state index contributed by atoms with van der Waals surface area (Å²) in [5, 5.41) is 0. The van der Waals surface area contributed by atoms with Crippen LogP contribution in [0.15, 0.2) is 12.7 Å². The summed E-state index contributed by atoms with van der Waals surface area (Å²) in [6, 6.07) is 0. The van der Waals surface area contributed by atoms with E-state index in [2.05, 4.69) is 20.4 Å². The first-order chi connectivity index (χ1) is 5.77. The number of nitrogens with two attached hydrogens (primary N) is 1. The first-order valence-corrected chi connectivity index (χ1v) is 4.71. The van der Waals surface area contributed by atoms with Crippen LogP contribution in [0, 0.1) is 10.8 Å². The predicted molar refractivity (Wildman–Crippen MR) is 56.2 cm³/mol. The Kier molecular flexibility index (Phi) is 3.71. The maximum atomic E-state index is 11.2. The Hall–Kier alpha value is -0.790. The van der Waals surface area contributed by atoms with Gasteiger partial charge in [0.1, 0.15) is 0 Å². The van der Waals surface area contributed by atoms with Gasteiger partial charge in [0.05, 0.1) is 0 Å². The van der Waals surface area contributed by atoms with Gasteiger partial charge in [-0.15, -0.1) is 6.58 Å². The standard InChI is InChI=1S/C11H21NO/c1-6-10(3,4)8-11(5,7-2)9(12)13/h6H,1,7-8H2,2-5H3,(H2,12,13). The monoisotopic (exact) mass is 183 g/mol. The number of carbonyl (C=O) groups excluding carboxylic acids is 1. The zero-order valence-corrected chi connectivity index (χ0v) is 9.18. The highest BCUT2D eigenvalue weighted by Gasteiger charge is 2.34. The van der Waals surface area contributed by atoms with E-state index in [4.69, 9.17) is 5.73 Å². The Morgan fingerprint density at radius 3 is 2.15 bits per heavy atom. The molecule has 1 atom stereocenters. The summed E-state index contributed by atoms with van der Waals surface area (Å²) < 4.78 is 0. The van der Waals surface area contributed by atoms with Crippen molar-refractivity contribution in [3.05, 3.63) is 12.7 Å². The van der Waals surface area contributed by atoms with Crippen molar-refractivity contribution in [2.24, 2.45) is 16.6 Å². The largest absolute Gasteiger partial charge is 0.369 e. The molecular formula is C11H21NO. The molecule has 0 saturated heterocycles. The van der Waals surface area contributed by atoms with Crippen molar-refractivity contribution >= 4 is 5.91 Å². The minimum absolute atomic E-state index is 0.0280. The first kappa shape index (κ1) is 12.2. The number of allylic oxidation sites excluding steroid dienone is 1. The molecule has 0 rings (SSSR count). The summed E-state index contributed by atoms with van der Waals surface area (Å²) >= 11 is 0. The minimum atomic E-state index is -0.405. The second-order valence-electron chi connectivity index (χ2n) is 4.65. The topological polar surface area (TPSA) is 43.1 Å². The van der Waals surface area contributed by atoms with Gasteiger partial charge in [-0.1, -0.05) is 33.8 Å². The number of rotatable bonds is 5. The summed E-state index contributed by atoms with van der Waals surface area (Å²) in [6.45, 7) is 11.8. The lowest BCUT2D eigenvalue weighted by molar-refractivity contribution is -0.128. The fourth-order valence-corrected chi connectivity index (χ4v) is 1.46. The van der Waals surface area contributed by atoms with Crippen LogP contribution in [0.4, 0.5) is 0 Å². The average Bonchev–Trinajstić information content (AvgIpc) is 2.03. The molecule has 1 amide bonds. The molecule has 0 fully saturated rings. The second-order valence-corrected chi connectivity index (χ2v) is 4.65. The van der Waals surface area contributed by atoms with Gasteiger partial charge in [0, 0.05) is 5.41 Å². The van der Waals surface area contributed by atoms with Gasteiger partial charge in [0.15, 0.2) is 0 Å². The maximum Gasteiger partial charge on any atom is 0.223 e. The van der Waals surface area contributed by atoms with Crippen LogP contribution in [-0.4, -0.2) is 5.91 Å². The van der Waals surface area contributed by atoms with E-state index in [0.717, 1.165) is 12.8 Å². The molecule has 0 saturated carbocycles. The van der Waals surface area contributed by atoms with E-state index in [1.807, 2.05) is 19.9 Å². The average molecular weight is 183 g/mol. The van der Waals surface area contributed by atoms with Crippen molar-refractivity contribution in [2.45, 2.75) is 40.5 Å². The smallest absolute Gasteiger partial charge is 0.223 e. The summed E-state index contributed by atoms with van der Waals surface area (Å²) in [5.74, 6) is -0.218. The Bertz CT molecular complexity index is 208. The van der Waals surface area contributed by atoms with E-state index < -0.39 is 5.41 Å². The molecule has 0 spiro atoms. The normalized spacial score (nSPS) is 16.3. The first-order valence-electron chi connectivity index (χ1n) is 4.71. The number of hydrogen-bond acceptors (Lipinski definition) is 1. The molecule has 0 aromatic carbocycles. The van der Waals surface area contributed by atoms with E-state index in [9.17, 15) is 4.79 Å². The fourth-order valence-electron chi connectivity index (χ4n) is 1.46. The van der Waals surface area contributed by atoms with Gasteiger partial charge in [0.25, 0.3) is 0 Å². The van der Waals surface area contributed by atoms with Crippen molar-refractivity contribution in [3.63, 3.8) is 0 Å². The predicted octanol–water partition coefficient (Wildman–Crippen LogP) is 2.49. The maximum absolute atomic E-state index is 11.2. The highest BCUT2D eigenvalue weighted by atomic mass is 16.1. The van der Waals surface area contributed by atoms with E-state index in [1.165, 1.54) is 0 Å². The van der Waals surface area contributed by atoms with Gasteiger partial charge in [-0.25, -0.2) is 0 Å². The number of carbonyl (C=O) groups is 1. The quantitative estimate of drug-likeness (QED) is 0.654. The molecule has 0 aliphatic heterocycles. The van der Waals surface area contributed by atoms with Gasteiger partial charge < -0.3 is 5.73 Å². The van der Waals surface area contributed by atoms with E-state index in [0.29, 0.717) is 0 Å². The van der Waals surface area contributed by atoms with Gasteiger partial charge in [-0.2, -0.15) is 0 Å². The molecule has 0 radical (unpaired) electrons. The fraction of sp³-hybridized carbons (Fsp3) is 0.727. The third kappa shape index (κ3) is 3.21. The molecule has 0 aliphatic carbocycles. The minimum Gasteiger partial charge on any atom is -0.369 e. The van der Waals surface area contributed by atoms with Crippen LogP contribution in [0.5, 0.6) is 0 Å². The molecule has 0 heterocycles. The van der Waals surface area contributed by atoms with E-state index >= 15 is 0 Å². The summed E-state index contributed by atoms with van der Waals surface area (Å²) in [7, 11) is 0. The zero-order valence-electron chi connectivity index (χ0n) is 9.18. The molecule has 0 aromatic heterocycles. The highest BCUT2D eigenvalue weighted by molar-refractivity contribution is 5.80. The molecule has 2 N–H and O–H groups in total. The summed E-state index contributed by atoms with van der Waals surface area (Å²) in [6.07, 6.45) is 3.42. The van der Waals surface area contributed by atoms with Crippen molar-refractivity contribution in [2.75, 3.05) is 0 Å². The van der Waals surface area contributed by atoms with Gasteiger partial charge in [-0.05, 0) is 18.3 Å². The molecule has 0 bridgehead atoms. The molecule has 0 aromatic rings. The van der Waals surface area contributed by atoms with Crippen LogP contribution in [-0.2, 0) is 4.79 Å². The number of amides is 1. The van der Waals surface area contributed by atoms with Crippen LogP contribution in [0.2, 0.25) is 0 Å². The highest BCUT2D eigenvalue weighted by Crippen LogP contribution is 2.36. The van der Waals surface area contributed by atoms with Crippen molar-refractivity contribution in [1.82, 2.24) is 0 Å². The van der Waals surface area contributed by atoms with E-state index in [1.54, 1.807) is 0 Å². The summed E-state index contributed by atoms with van der Waals surface area (Å²) in [4.78, 5) is 11.2. The Morgan fingerprint density at radius 2 is 1.92 bits per heavy atom. The van der Waals surface area contributed by atoms with Crippen molar-refractivity contribution in [3.8, 4) is 0 Å². The summed E-state index contributed by atoms with van der Waals surface area (Å²) in [5.41, 5.74) is 4.94. The Balaban J connectivity index is 4.63. The van der Waals surface area contributed by atoms with Crippen molar-refractivity contribution in [1.29, 1.82) is 0 Å². The SMILES string of the molecule is C=CC(C)(C)CC(C)(CC)C(N)=O.